The number of benzene rings is 1. The number of hydrogen-bond acceptors (Lipinski definition) is 3. The van der Waals surface area contributed by atoms with Crippen molar-refractivity contribution in [2.75, 3.05) is 7.11 Å². The summed E-state index contributed by atoms with van der Waals surface area (Å²) in [5.74, 6) is 0.904. The highest BCUT2D eigenvalue weighted by molar-refractivity contribution is 5.33. The zero-order valence-electron chi connectivity index (χ0n) is 11.6. The fourth-order valence-corrected chi connectivity index (χ4v) is 2.27. The highest BCUT2D eigenvalue weighted by Crippen LogP contribution is 2.30. The highest BCUT2D eigenvalue weighted by Gasteiger charge is 2.40. The third-order valence-corrected chi connectivity index (χ3v) is 3.55. The van der Waals surface area contributed by atoms with E-state index in [0.29, 0.717) is 0 Å². The minimum absolute atomic E-state index is 0.0169. The van der Waals surface area contributed by atoms with Gasteiger partial charge in [-0.2, -0.15) is 0 Å². The van der Waals surface area contributed by atoms with E-state index in [9.17, 15) is 0 Å². The molecule has 1 fully saturated rings. The lowest BCUT2D eigenvalue weighted by Crippen LogP contribution is -2.59. The second-order valence-corrected chi connectivity index (χ2v) is 6.03. The molecule has 3 unspecified atom stereocenters. The highest BCUT2D eigenvalue weighted by atomic mass is 16.5. The summed E-state index contributed by atoms with van der Waals surface area (Å²) >= 11 is 0. The molecule has 0 spiro atoms. The van der Waals surface area contributed by atoms with Crippen LogP contribution >= 0.6 is 0 Å². The second kappa shape index (κ2) is 4.90. The van der Waals surface area contributed by atoms with Gasteiger partial charge in [0, 0.05) is 19.6 Å². The molecule has 1 aliphatic rings. The summed E-state index contributed by atoms with van der Waals surface area (Å²) in [6.07, 6.45) is 0.960. The van der Waals surface area contributed by atoms with Crippen LogP contribution < -0.4 is 10.5 Å². The van der Waals surface area contributed by atoms with Gasteiger partial charge in [-0.05, 0) is 23.1 Å². The van der Waals surface area contributed by atoms with Gasteiger partial charge in [0.1, 0.15) is 18.0 Å². The van der Waals surface area contributed by atoms with Crippen molar-refractivity contribution in [2.24, 2.45) is 5.73 Å². The van der Waals surface area contributed by atoms with Gasteiger partial charge in [0.15, 0.2) is 0 Å². The SMILES string of the molecule is COC1C(N)CC1Oc1cccc(C(C)(C)C)c1. The maximum absolute atomic E-state index is 5.96. The topological polar surface area (TPSA) is 44.5 Å². The van der Waals surface area contributed by atoms with Crippen molar-refractivity contribution >= 4 is 0 Å². The van der Waals surface area contributed by atoms with Crippen LogP contribution in [0, 0.1) is 0 Å². The number of rotatable bonds is 3. The molecular weight excluding hydrogens is 226 g/mol. The van der Waals surface area contributed by atoms with Gasteiger partial charge in [0.25, 0.3) is 0 Å². The Hall–Kier alpha value is -1.06. The Morgan fingerprint density at radius 3 is 2.56 bits per heavy atom. The summed E-state index contributed by atoms with van der Waals surface area (Å²) in [4.78, 5) is 0. The van der Waals surface area contributed by atoms with Crippen molar-refractivity contribution in [3.8, 4) is 5.75 Å². The number of nitrogens with two attached hydrogens (primary N) is 1. The summed E-state index contributed by atoms with van der Waals surface area (Å²) in [5, 5.41) is 0. The Bertz CT molecular complexity index is 411. The smallest absolute Gasteiger partial charge is 0.128 e. The van der Waals surface area contributed by atoms with Crippen LogP contribution in [0.25, 0.3) is 0 Å². The zero-order valence-corrected chi connectivity index (χ0v) is 11.6. The molecule has 3 nitrogen and oxygen atoms in total. The Balaban J connectivity index is 2.07. The molecule has 0 heterocycles. The predicted octanol–water partition coefficient (Wildman–Crippen LogP) is 2.48. The van der Waals surface area contributed by atoms with Crippen LogP contribution in [-0.4, -0.2) is 25.4 Å². The van der Waals surface area contributed by atoms with Gasteiger partial charge < -0.3 is 15.2 Å². The van der Waals surface area contributed by atoms with Gasteiger partial charge in [0.2, 0.25) is 0 Å². The molecule has 0 aromatic heterocycles. The molecule has 0 bridgehead atoms. The van der Waals surface area contributed by atoms with Crippen LogP contribution in [0.3, 0.4) is 0 Å². The van der Waals surface area contributed by atoms with Gasteiger partial charge in [-0.1, -0.05) is 32.9 Å². The van der Waals surface area contributed by atoms with Crippen LogP contribution in [0.4, 0.5) is 0 Å². The van der Waals surface area contributed by atoms with Gasteiger partial charge in [0.05, 0.1) is 0 Å². The Labute approximate surface area is 109 Å². The molecule has 1 saturated carbocycles. The van der Waals surface area contributed by atoms with E-state index in [4.69, 9.17) is 15.2 Å². The van der Waals surface area contributed by atoms with Crippen molar-refractivity contribution in [3.63, 3.8) is 0 Å². The average molecular weight is 249 g/mol. The van der Waals surface area contributed by atoms with Crippen molar-refractivity contribution in [1.82, 2.24) is 0 Å². The van der Waals surface area contributed by atoms with E-state index in [-0.39, 0.29) is 23.7 Å². The lowest BCUT2D eigenvalue weighted by atomic mass is 9.85. The monoisotopic (exact) mass is 249 g/mol. The van der Waals surface area contributed by atoms with E-state index in [0.717, 1.165) is 12.2 Å². The maximum Gasteiger partial charge on any atom is 0.128 e. The Morgan fingerprint density at radius 1 is 1.28 bits per heavy atom. The lowest BCUT2D eigenvalue weighted by molar-refractivity contribution is -0.0782. The normalized spacial score (nSPS) is 27.7. The van der Waals surface area contributed by atoms with Gasteiger partial charge in [-0.3, -0.25) is 0 Å². The third-order valence-electron chi connectivity index (χ3n) is 3.55. The van der Waals surface area contributed by atoms with Crippen LogP contribution in [0.1, 0.15) is 32.8 Å². The minimum Gasteiger partial charge on any atom is -0.488 e. The first-order valence-electron chi connectivity index (χ1n) is 6.47. The fourth-order valence-electron chi connectivity index (χ4n) is 2.27. The van der Waals surface area contributed by atoms with Crippen LogP contribution in [0.15, 0.2) is 24.3 Å². The Morgan fingerprint density at radius 2 is 2.00 bits per heavy atom. The first kappa shape index (κ1) is 13.4. The first-order chi connectivity index (χ1) is 8.41. The quantitative estimate of drug-likeness (QED) is 0.895. The van der Waals surface area contributed by atoms with Crippen LogP contribution in [-0.2, 0) is 10.2 Å². The molecule has 0 amide bonds. The standard InChI is InChI=1S/C15H23NO2/c1-15(2,3)10-6-5-7-11(8-10)18-13-9-12(16)14(13)17-4/h5-8,12-14H,9,16H2,1-4H3. The molecule has 0 aliphatic heterocycles. The van der Waals surface area contributed by atoms with Crippen molar-refractivity contribution in [1.29, 1.82) is 0 Å². The first-order valence-corrected chi connectivity index (χ1v) is 6.47. The van der Waals surface area contributed by atoms with Gasteiger partial charge in [-0.25, -0.2) is 0 Å². The van der Waals surface area contributed by atoms with Gasteiger partial charge in [-0.15, -0.1) is 0 Å². The molecule has 1 aromatic rings. The summed E-state index contributed by atoms with van der Waals surface area (Å²) in [6, 6.07) is 8.37. The second-order valence-electron chi connectivity index (χ2n) is 6.03. The van der Waals surface area contributed by atoms with Crippen LogP contribution in [0.2, 0.25) is 0 Å². The summed E-state index contributed by atoms with van der Waals surface area (Å²) in [5.41, 5.74) is 7.28. The van der Waals surface area contributed by atoms with Crippen LogP contribution in [0.5, 0.6) is 5.75 Å². The van der Waals surface area contributed by atoms with Crippen molar-refractivity contribution < 1.29 is 9.47 Å². The third kappa shape index (κ3) is 2.68. The molecule has 0 saturated heterocycles. The van der Waals surface area contributed by atoms with Gasteiger partial charge >= 0.3 is 0 Å². The zero-order chi connectivity index (χ0) is 13.3. The van der Waals surface area contributed by atoms with E-state index < -0.39 is 0 Å². The molecule has 3 atom stereocenters. The molecule has 1 aliphatic carbocycles. The van der Waals surface area contributed by atoms with E-state index in [1.54, 1.807) is 7.11 Å². The number of ether oxygens (including phenoxy) is 2. The summed E-state index contributed by atoms with van der Waals surface area (Å²) < 4.78 is 11.3. The molecule has 2 N–H and O–H groups in total. The van der Waals surface area contributed by atoms with E-state index in [1.807, 2.05) is 12.1 Å². The number of hydrogen-bond donors (Lipinski definition) is 1. The fraction of sp³-hybridized carbons (Fsp3) is 0.600. The van der Waals surface area contributed by atoms with E-state index in [1.165, 1.54) is 5.56 Å². The molecule has 18 heavy (non-hydrogen) atoms. The van der Waals surface area contributed by atoms with Crippen molar-refractivity contribution in [2.45, 2.75) is 50.9 Å². The summed E-state index contributed by atoms with van der Waals surface area (Å²) in [7, 11) is 1.69. The van der Waals surface area contributed by atoms with E-state index in [2.05, 4.69) is 32.9 Å². The molecule has 2 rings (SSSR count). The predicted molar refractivity (Wildman–Crippen MR) is 72.9 cm³/mol. The minimum atomic E-state index is 0.0169. The van der Waals surface area contributed by atoms with E-state index >= 15 is 0 Å². The molecule has 100 valence electrons. The largest absolute Gasteiger partial charge is 0.488 e. The molecule has 1 aromatic carbocycles. The molecular formula is C15H23NO2. The molecule has 0 radical (unpaired) electrons. The average Bonchev–Trinajstić information content (AvgIpc) is 2.28. The lowest BCUT2D eigenvalue weighted by Gasteiger charge is -2.41. The number of methoxy groups -OCH3 is 1. The Kier molecular flexibility index (Phi) is 3.64. The summed E-state index contributed by atoms with van der Waals surface area (Å²) in [6.45, 7) is 6.59. The maximum atomic E-state index is 5.96. The molecule has 3 heteroatoms. The van der Waals surface area contributed by atoms with Crippen molar-refractivity contribution in [3.05, 3.63) is 29.8 Å².